The molecule has 8 nitrogen and oxygen atoms in total. The molecule has 2 atom stereocenters. The number of methoxy groups -OCH3 is 2. The second-order valence-electron chi connectivity index (χ2n) is 14.2. The number of terminal acetylenes is 1. The summed E-state index contributed by atoms with van der Waals surface area (Å²) >= 11 is 0. The first kappa shape index (κ1) is 39.9. The van der Waals surface area contributed by atoms with Crippen molar-refractivity contribution >= 4 is 28.7 Å². The summed E-state index contributed by atoms with van der Waals surface area (Å²) in [7, 11) is -0.950. The lowest BCUT2D eigenvalue weighted by atomic mass is 10.0. The summed E-state index contributed by atoms with van der Waals surface area (Å²) in [6.07, 6.45) is 10.6. The second-order valence-corrected chi connectivity index (χ2v) is 23.7. The van der Waals surface area contributed by atoms with Crippen LogP contribution in [0, 0.1) is 12.3 Å². The van der Waals surface area contributed by atoms with E-state index in [0.717, 1.165) is 6.42 Å². The predicted octanol–water partition coefficient (Wildman–Crippen LogP) is 8.43. The van der Waals surface area contributed by atoms with Crippen LogP contribution in [0.25, 0.3) is 6.08 Å². The van der Waals surface area contributed by atoms with E-state index in [1.807, 2.05) is 12.2 Å². The molecular weight excluding hydrogens is 593 g/mol. The summed E-state index contributed by atoms with van der Waals surface area (Å²) in [5.41, 5.74) is 0.851. The maximum absolute atomic E-state index is 13.4. The van der Waals surface area contributed by atoms with Crippen LogP contribution < -0.4 is 9.47 Å². The van der Waals surface area contributed by atoms with Crippen molar-refractivity contribution < 1.29 is 37.3 Å². The van der Waals surface area contributed by atoms with Gasteiger partial charge in [-0.25, -0.2) is 4.79 Å². The Labute approximate surface area is 269 Å². The maximum Gasteiger partial charge on any atom is 0.342 e. The van der Waals surface area contributed by atoms with E-state index in [9.17, 15) is 4.79 Å². The summed E-state index contributed by atoms with van der Waals surface area (Å²) in [5.74, 6) is 2.75. The van der Waals surface area contributed by atoms with Gasteiger partial charge in [-0.1, -0.05) is 53.7 Å². The minimum absolute atomic E-state index is 0.0383. The molecule has 44 heavy (non-hydrogen) atoms. The molecule has 0 heterocycles. The van der Waals surface area contributed by atoms with Crippen LogP contribution in [-0.2, 0) is 23.1 Å². The Hall–Kier alpha value is -2.14. The number of esters is 1. The van der Waals surface area contributed by atoms with E-state index in [1.54, 1.807) is 26.2 Å². The van der Waals surface area contributed by atoms with Crippen LogP contribution in [0.3, 0.4) is 0 Å². The van der Waals surface area contributed by atoms with Gasteiger partial charge >= 0.3 is 5.97 Å². The zero-order valence-electron chi connectivity index (χ0n) is 29.6. The number of carbonyl (C=O) groups excluding carboxylic acids is 1. The number of allylic oxidation sites excluding steroid dienone is 1. The molecule has 0 aromatic heterocycles. The molecule has 1 rings (SSSR count). The maximum atomic E-state index is 13.4. The molecule has 0 radical (unpaired) electrons. The van der Waals surface area contributed by atoms with Crippen molar-refractivity contribution in [1.29, 1.82) is 0 Å². The van der Waals surface area contributed by atoms with Crippen molar-refractivity contribution in [1.82, 2.24) is 0 Å². The van der Waals surface area contributed by atoms with Gasteiger partial charge in [0, 0.05) is 26.7 Å². The largest absolute Gasteiger partial charge is 0.467 e. The molecule has 0 aliphatic heterocycles. The van der Waals surface area contributed by atoms with Gasteiger partial charge in [0.25, 0.3) is 0 Å². The van der Waals surface area contributed by atoms with E-state index >= 15 is 0 Å². The Morgan fingerprint density at radius 2 is 1.55 bits per heavy atom. The molecule has 0 aliphatic carbocycles. The van der Waals surface area contributed by atoms with Crippen LogP contribution in [-0.4, -0.2) is 69.2 Å². The highest BCUT2D eigenvalue weighted by Gasteiger charge is 2.41. The first-order chi connectivity index (χ1) is 20.3. The number of hydrogen-bond donors (Lipinski definition) is 0. The molecule has 0 spiro atoms. The highest BCUT2D eigenvalue weighted by molar-refractivity contribution is 6.74. The summed E-state index contributed by atoms with van der Waals surface area (Å²) in [5, 5.41) is 0.181. The monoisotopic (exact) mass is 650 g/mol. The van der Waals surface area contributed by atoms with Gasteiger partial charge in [0.15, 0.2) is 30.2 Å². The van der Waals surface area contributed by atoms with E-state index in [0.29, 0.717) is 30.8 Å². The van der Waals surface area contributed by atoms with E-state index in [1.165, 1.54) is 7.11 Å². The van der Waals surface area contributed by atoms with Gasteiger partial charge in [0.05, 0.1) is 12.7 Å². The number of carbonyl (C=O) groups is 1. The number of ether oxygens (including phenoxy) is 5. The fraction of sp³-hybridized carbons (Fsp3) is 0.676. The van der Waals surface area contributed by atoms with E-state index < -0.39 is 28.7 Å². The van der Waals surface area contributed by atoms with Crippen molar-refractivity contribution in [3.05, 3.63) is 29.3 Å². The zero-order valence-corrected chi connectivity index (χ0v) is 31.6. The third-order valence-electron chi connectivity index (χ3n) is 8.36. The lowest BCUT2D eigenvalue weighted by Gasteiger charge is -2.41. The van der Waals surface area contributed by atoms with Gasteiger partial charge in [-0.2, -0.15) is 0 Å². The molecule has 10 heteroatoms. The average Bonchev–Trinajstić information content (AvgIpc) is 2.90. The molecule has 0 N–H and O–H groups in total. The van der Waals surface area contributed by atoms with Gasteiger partial charge in [0.2, 0.25) is 0 Å². The quantitative estimate of drug-likeness (QED) is 0.0678. The Kier molecular flexibility index (Phi) is 15.9. The molecule has 250 valence electrons. The fourth-order valence-corrected chi connectivity index (χ4v) is 6.04. The van der Waals surface area contributed by atoms with Crippen LogP contribution >= 0.6 is 0 Å². The molecule has 0 fully saturated rings. The molecule has 1 aromatic carbocycles. The van der Waals surface area contributed by atoms with E-state index in [4.69, 9.17) is 39.0 Å². The summed E-state index contributed by atoms with van der Waals surface area (Å²) in [6, 6.07) is 3.39. The van der Waals surface area contributed by atoms with E-state index in [-0.39, 0.29) is 41.1 Å². The van der Waals surface area contributed by atoms with Crippen LogP contribution in [0.1, 0.15) is 83.7 Å². The SMILES string of the molecule is C#CC[C@H](C)OC(=O)c1c(/C=C/CC[C@@H](CO[Si](C)(C)C(C)(C)C)O[Si](C)(C)C(C)(C)C)cc(OCOC)cc1OCOC. The normalized spacial score (nSPS) is 14.3. The minimum Gasteiger partial charge on any atom is -0.467 e. The molecule has 0 unspecified atom stereocenters. The van der Waals surface area contributed by atoms with Crippen molar-refractivity contribution in [3.63, 3.8) is 0 Å². The molecule has 1 aromatic rings. The third-order valence-corrected chi connectivity index (χ3v) is 17.4. The minimum atomic E-state index is -2.04. The van der Waals surface area contributed by atoms with Gasteiger partial charge in [-0.15, -0.1) is 12.3 Å². The van der Waals surface area contributed by atoms with Crippen LogP contribution in [0.2, 0.25) is 36.3 Å². The average molecular weight is 651 g/mol. The van der Waals surface area contributed by atoms with Gasteiger partial charge in [0.1, 0.15) is 23.2 Å². The van der Waals surface area contributed by atoms with Crippen molar-refractivity contribution in [2.75, 3.05) is 34.4 Å². The van der Waals surface area contributed by atoms with Crippen molar-refractivity contribution in [2.45, 2.75) is 116 Å². The lowest BCUT2D eigenvalue weighted by Crippen LogP contribution is -2.47. The van der Waals surface area contributed by atoms with Gasteiger partial charge in [-0.05, 0) is 67.7 Å². The fourth-order valence-electron chi connectivity index (χ4n) is 3.64. The van der Waals surface area contributed by atoms with Crippen molar-refractivity contribution in [2.24, 2.45) is 0 Å². The highest BCUT2D eigenvalue weighted by Crippen LogP contribution is 2.40. The Bertz CT molecular complexity index is 1110. The molecule has 0 aliphatic rings. The first-order valence-electron chi connectivity index (χ1n) is 15.3. The van der Waals surface area contributed by atoms with Crippen LogP contribution in [0.5, 0.6) is 11.5 Å². The Morgan fingerprint density at radius 3 is 2.09 bits per heavy atom. The number of benzene rings is 1. The Morgan fingerprint density at radius 1 is 0.955 bits per heavy atom. The number of rotatable bonds is 18. The molecule has 0 saturated carbocycles. The molecule has 0 amide bonds. The van der Waals surface area contributed by atoms with Gasteiger partial charge < -0.3 is 32.5 Å². The van der Waals surface area contributed by atoms with Crippen molar-refractivity contribution in [3.8, 4) is 23.8 Å². The zero-order chi connectivity index (χ0) is 33.8. The van der Waals surface area contributed by atoms with Crippen LogP contribution in [0.15, 0.2) is 18.2 Å². The Balaban J connectivity index is 3.39. The summed E-state index contributed by atoms with van der Waals surface area (Å²) in [4.78, 5) is 13.4. The number of hydrogen-bond acceptors (Lipinski definition) is 8. The van der Waals surface area contributed by atoms with E-state index in [2.05, 4.69) is 73.7 Å². The molecular formula is C34H58O8Si2. The topological polar surface area (TPSA) is 81.7 Å². The standard InChI is InChI=1S/C34H58O8Si2/c1-15-18-26(2)41-32(35)31-27(21-29(38-24-36-9)22-30(31)39-25-37-10)19-16-17-20-28(42-44(13,14)34(6,7)8)23-40-43(11,12)33(3,4)5/h1,16,19,21-22,26,28H,17-18,20,23-25H2,2-14H3/b19-16+/t26-,28-/m0/s1. The lowest BCUT2D eigenvalue weighted by molar-refractivity contribution is 0.0313. The molecule has 0 saturated heterocycles. The summed E-state index contributed by atoms with van der Waals surface area (Å²) < 4.78 is 40.8. The second kappa shape index (κ2) is 17.5. The highest BCUT2D eigenvalue weighted by atomic mass is 28.4. The van der Waals surface area contributed by atoms with Gasteiger partial charge in [-0.3, -0.25) is 0 Å². The summed E-state index contributed by atoms with van der Waals surface area (Å²) in [6.45, 7) is 24.9. The predicted molar refractivity (Wildman–Crippen MR) is 183 cm³/mol. The molecule has 0 bridgehead atoms. The van der Waals surface area contributed by atoms with Crippen LogP contribution in [0.4, 0.5) is 0 Å². The third kappa shape index (κ3) is 12.7. The smallest absolute Gasteiger partial charge is 0.342 e. The first-order valence-corrected chi connectivity index (χ1v) is 21.2.